The molecule has 2 rings (SSSR count). The molecule has 96 valence electrons. The average molecular weight is 330 g/mol. The van der Waals surface area contributed by atoms with E-state index < -0.39 is 0 Å². The van der Waals surface area contributed by atoms with Crippen LogP contribution in [0.25, 0.3) is 0 Å². The lowest BCUT2D eigenvalue weighted by Gasteiger charge is -2.07. The van der Waals surface area contributed by atoms with Crippen molar-refractivity contribution in [3.8, 4) is 5.75 Å². The van der Waals surface area contributed by atoms with Crippen molar-refractivity contribution in [3.05, 3.63) is 49.9 Å². The van der Waals surface area contributed by atoms with Gasteiger partial charge in [0.05, 0.1) is 0 Å². The molecule has 2 aromatic rings. The van der Waals surface area contributed by atoms with Gasteiger partial charge in [0.25, 0.3) is 0 Å². The van der Waals surface area contributed by atoms with Crippen LogP contribution in [-0.4, -0.2) is 0 Å². The molecule has 0 fully saturated rings. The second-order valence-electron chi connectivity index (χ2n) is 3.86. The van der Waals surface area contributed by atoms with Gasteiger partial charge in [0.15, 0.2) is 11.6 Å². The molecule has 1 heterocycles. The summed E-state index contributed by atoms with van der Waals surface area (Å²) in [6, 6.07) is 6.77. The zero-order valence-corrected chi connectivity index (χ0v) is 12.3. The molecule has 0 bridgehead atoms. The molecule has 0 saturated heterocycles. The Morgan fingerprint density at radius 2 is 2.17 bits per heavy atom. The molecule has 0 amide bonds. The second kappa shape index (κ2) is 5.82. The standard InChI is InChI=1S/C13H13BrFNOS/c1-8-9(4-11(6-16)18-8)7-17-13-3-2-10(14)5-12(13)15/h2-5H,6-7,16H2,1H3. The smallest absolute Gasteiger partial charge is 0.166 e. The van der Waals surface area contributed by atoms with Gasteiger partial charge < -0.3 is 10.5 Å². The fourth-order valence-corrected chi connectivity index (χ4v) is 2.84. The number of hydrogen-bond donors (Lipinski definition) is 1. The number of nitrogens with two attached hydrogens (primary N) is 1. The largest absolute Gasteiger partial charge is 0.486 e. The summed E-state index contributed by atoms with van der Waals surface area (Å²) in [5.41, 5.74) is 6.64. The summed E-state index contributed by atoms with van der Waals surface area (Å²) in [5, 5.41) is 0. The molecule has 0 aliphatic carbocycles. The molecular formula is C13H13BrFNOS. The van der Waals surface area contributed by atoms with Gasteiger partial charge in [-0.25, -0.2) is 4.39 Å². The normalized spacial score (nSPS) is 10.7. The number of thiophene rings is 1. The molecule has 2 N–H and O–H groups in total. The molecule has 1 aromatic carbocycles. The maximum atomic E-state index is 13.6. The summed E-state index contributed by atoms with van der Waals surface area (Å²) < 4.78 is 19.7. The first-order valence-electron chi connectivity index (χ1n) is 5.46. The van der Waals surface area contributed by atoms with Gasteiger partial charge in [0.2, 0.25) is 0 Å². The van der Waals surface area contributed by atoms with E-state index >= 15 is 0 Å². The second-order valence-corrected chi connectivity index (χ2v) is 6.12. The summed E-state index contributed by atoms with van der Waals surface area (Å²) in [7, 11) is 0. The van der Waals surface area contributed by atoms with Crippen molar-refractivity contribution in [3.63, 3.8) is 0 Å². The predicted molar refractivity (Wildman–Crippen MR) is 75.4 cm³/mol. The lowest BCUT2D eigenvalue weighted by molar-refractivity contribution is 0.290. The van der Waals surface area contributed by atoms with E-state index in [1.54, 1.807) is 23.5 Å². The number of ether oxygens (including phenoxy) is 1. The van der Waals surface area contributed by atoms with Gasteiger partial charge in [-0.1, -0.05) is 15.9 Å². The maximum Gasteiger partial charge on any atom is 0.166 e. The summed E-state index contributed by atoms with van der Waals surface area (Å²) >= 11 is 4.86. The predicted octanol–water partition coefficient (Wildman–Crippen LogP) is 4.00. The first kappa shape index (κ1) is 13.5. The minimum absolute atomic E-state index is 0.262. The van der Waals surface area contributed by atoms with Crippen LogP contribution in [0.3, 0.4) is 0 Å². The molecular weight excluding hydrogens is 317 g/mol. The van der Waals surface area contributed by atoms with Gasteiger partial charge in [0.1, 0.15) is 6.61 Å². The van der Waals surface area contributed by atoms with E-state index in [1.807, 2.05) is 13.0 Å². The van der Waals surface area contributed by atoms with Crippen molar-refractivity contribution < 1.29 is 9.13 Å². The van der Waals surface area contributed by atoms with E-state index in [4.69, 9.17) is 10.5 Å². The van der Waals surface area contributed by atoms with E-state index in [-0.39, 0.29) is 11.6 Å². The molecule has 0 aliphatic heterocycles. The van der Waals surface area contributed by atoms with Gasteiger partial charge in [-0.2, -0.15) is 0 Å². The number of rotatable bonds is 4. The quantitative estimate of drug-likeness (QED) is 0.920. The van der Waals surface area contributed by atoms with Crippen LogP contribution in [-0.2, 0) is 13.2 Å². The molecule has 0 atom stereocenters. The SMILES string of the molecule is Cc1sc(CN)cc1COc1ccc(Br)cc1F. The van der Waals surface area contributed by atoms with Gasteiger partial charge >= 0.3 is 0 Å². The summed E-state index contributed by atoms with van der Waals surface area (Å²) in [4.78, 5) is 2.27. The Hall–Kier alpha value is -0.910. The van der Waals surface area contributed by atoms with E-state index in [1.165, 1.54) is 6.07 Å². The van der Waals surface area contributed by atoms with E-state index in [0.29, 0.717) is 17.6 Å². The molecule has 1 aromatic heterocycles. The van der Waals surface area contributed by atoms with Gasteiger partial charge in [-0.15, -0.1) is 11.3 Å². The van der Waals surface area contributed by atoms with Crippen LogP contribution in [0.2, 0.25) is 0 Å². The molecule has 0 saturated carbocycles. The minimum atomic E-state index is -0.365. The van der Waals surface area contributed by atoms with Gasteiger partial charge in [-0.3, -0.25) is 0 Å². The number of hydrogen-bond acceptors (Lipinski definition) is 3. The maximum absolute atomic E-state index is 13.6. The molecule has 0 unspecified atom stereocenters. The highest BCUT2D eigenvalue weighted by molar-refractivity contribution is 9.10. The monoisotopic (exact) mass is 329 g/mol. The lowest BCUT2D eigenvalue weighted by atomic mass is 10.2. The number of halogens is 2. The summed E-state index contributed by atoms with van der Waals surface area (Å²) in [6.07, 6.45) is 0. The Kier molecular flexibility index (Phi) is 4.37. The fourth-order valence-electron chi connectivity index (χ4n) is 1.58. The molecule has 5 heteroatoms. The Morgan fingerprint density at radius 3 is 2.78 bits per heavy atom. The van der Waals surface area contributed by atoms with Crippen LogP contribution in [0.5, 0.6) is 5.75 Å². The molecule has 18 heavy (non-hydrogen) atoms. The van der Waals surface area contributed by atoms with Crippen LogP contribution in [0.15, 0.2) is 28.7 Å². The highest BCUT2D eigenvalue weighted by Gasteiger charge is 2.08. The minimum Gasteiger partial charge on any atom is -0.486 e. The third-order valence-electron chi connectivity index (χ3n) is 2.55. The molecule has 0 spiro atoms. The zero-order valence-electron chi connectivity index (χ0n) is 9.87. The van der Waals surface area contributed by atoms with Crippen LogP contribution >= 0.6 is 27.3 Å². The Labute approximate surface area is 118 Å². The van der Waals surface area contributed by atoms with E-state index in [0.717, 1.165) is 15.3 Å². The first-order valence-corrected chi connectivity index (χ1v) is 7.07. The molecule has 0 aliphatic rings. The third-order valence-corrected chi connectivity index (χ3v) is 4.16. The highest BCUT2D eigenvalue weighted by atomic mass is 79.9. The first-order chi connectivity index (χ1) is 8.60. The van der Waals surface area contributed by atoms with Crippen molar-refractivity contribution >= 4 is 27.3 Å². The summed E-state index contributed by atoms with van der Waals surface area (Å²) in [5.74, 6) is -0.102. The van der Waals surface area contributed by atoms with Crippen molar-refractivity contribution in [2.75, 3.05) is 0 Å². The number of benzene rings is 1. The highest BCUT2D eigenvalue weighted by Crippen LogP contribution is 2.25. The average Bonchev–Trinajstić information content (AvgIpc) is 2.69. The van der Waals surface area contributed by atoms with Gasteiger partial charge in [0, 0.05) is 26.3 Å². The van der Waals surface area contributed by atoms with Crippen LogP contribution in [0.4, 0.5) is 4.39 Å². The molecule has 2 nitrogen and oxygen atoms in total. The Morgan fingerprint density at radius 1 is 1.39 bits per heavy atom. The fraction of sp³-hybridized carbons (Fsp3) is 0.231. The summed E-state index contributed by atoms with van der Waals surface area (Å²) in [6.45, 7) is 2.90. The van der Waals surface area contributed by atoms with Crippen molar-refractivity contribution in [1.29, 1.82) is 0 Å². The van der Waals surface area contributed by atoms with Crippen molar-refractivity contribution in [2.45, 2.75) is 20.1 Å². The van der Waals surface area contributed by atoms with Crippen LogP contribution in [0, 0.1) is 12.7 Å². The van der Waals surface area contributed by atoms with Crippen LogP contribution < -0.4 is 10.5 Å². The van der Waals surface area contributed by atoms with Crippen molar-refractivity contribution in [2.24, 2.45) is 5.73 Å². The van der Waals surface area contributed by atoms with Crippen molar-refractivity contribution in [1.82, 2.24) is 0 Å². The number of aryl methyl sites for hydroxylation is 1. The van der Waals surface area contributed by atoms with Crippen LogP contribution in [0.1, 0.15) is 15.3 Å². The Balaban J connectivity index is 2.08. The van der Waals surface area contributed by atoms with E-state index in [9.17, 15) is 4.39 Å². The zero-order chi connectivity index (χ0) is 13.1. The van der Waals surface area contributed by atoms with Gasteiger partial charge in [-0.05, 0) is 31.2 Å². The lowest BCUT2D eigenvalue weighted by Crippen LogP contribution is -1.98. The topological polar surface area (TPSA) is 35.2 Å². The Bertz CT molecular complexity index is 556. The molecule has 0 radical (unpaired) electrons. The van der Waals surface area contributed by atoms with E-state index in [2.05, 4.69) is 15.9 Å². The third kappa shape index (κ3) is 3.10.